The molecule has 2 unspecified atom stereocenters. The van der Waals surface area contributed by atoms with E-state index in [1.165, 1.54) is 11.1 Å². The van der Waals surface area contributed by atoms with Crippen LogP contribution in [0.3, 0.4) is 0 Å². The molecular formula is C17H27NO2. The van der Waals surface area contributed by atoms with Crippen LogP contribution >= 0.6 is 0 Å². The first-order chi connectivity index (χ1) is 9.55. The smallest absolute Gasteiger partial charge is 0.304 e. The Balaban J connectivity index is 2.65. The summed E-state index contributed by atoms with van der Waals surface area (Å²) in [6.07, 6.45) is 4.19. The number of carbonyl (C=O) groups is 1. The first kappa shape index (κ1) is 16.7. The van der Waals surface area contributed by atoms with Gasteiger partial charge in [-0.3, -0.25) is 4.79 Å². The van der Waals surface area contributed by atoms with Crippen molar-refractivity contribution in [3.8, 4) is 0 Å². The highest BCUT2D eigenvalue weighted by Gasteiger charge is 2.15. The van der Waals surface area contributed by atoms with Crippen LogP contribution in [0.15, 0.2) is 24.3 Å². The van der Waals surface area contributed by atoms with Gasteiger partial charge in [-0.15, -0.1) is 0 Å². The molecule has 0 fully saturated rings. The molecule has 2 atom stereocenters. The average Bonchev–Trinajstić information content (AvgIpc) is 2.40. The zero-order valence-corrected chi connectivity index (χ0v) is 12.9. The monoisotopic (exact) mass is 277 g/mol. The second-order valence-electron chi connectivity index (χ2n) is 5.54. The Labute approximate surface area is 122 Å². The van der Waals surface area contributed by atoms with Gasteiger partial charge >= 0.3 is 5.97 Å². The molecule has 1 rings (SSSR count). The summed E-state index contributed by atoms with van der Waals surface area (Å²) in [4.78, 5) is 11.0. The quantitative estimate of drug-likeness (QED) is 0.727. The Hall–Kier alpha value is -1.35. The van der Waals surface area contributed by atoms with Crippen LogP contribution in [0, 0.1) is 0 Å². The molecular weight excluding hydrogens is 250 g/mol. The van der Waals surface area contributed by atoms with Crippen LogP contribution in [0.1, 0.15) is 51.2 Å². The predicted octanol–water partition coefficient (Wildman–Crippen LogP) is 3.41. The van der Waals surface area contributed by atoms with E-state index in [1.54, 1.807) is 0 Å². The maximum Gasteiger partial charge on any atom is 0.304 e. The van der Waals surface area contributed by atoms with Crippen LogP contribution in [0.2, 0.25) is 0 Å². The van der Waals surface area contributed by atoms with Crippen molar-refractivity contribution in [2.45, 2.75) is 65.0 Å². The number of rotatable bonds is 9. The summed E-state index contributed by atoms with van der Waals surface area (Å²) in [5.41, 5.74) is 2.55. The van der Waals surface area contributed by atoms with Crippen LogP contribution in [0.5, 0.6) is 0 Å². The van der Waals surface area contributed by atoms with Gasteiger partial charge in [0.15, 0.2) is 0 Å². The predicted molar refractivity (Wildman–Crippen MR) is 83.1 cm³/mol. The average molecular weight is 277 g/mol. The number of hydrogen-bond acceptors (Lipinski definition) is 2. The first-order valence-corrected chi connectivity index (χ1v) is 7.60. The molecule has 0 radical (unpaired) electrons. The molecule has 0 aliphatic rings. The number of aryl methyl sites for hydroxylation is 1. The highest BCUT2D eigenvalue weighted by molar-refractivity contribution is 5.67. The van der Waals surface area contributed by atoms with Crippen molar-refractivity contribution in [1.82, 2.24) is 5.32 Å². The minimum Gasteiger partial charge on any atom is -0.481 e. The molecule has 0 saturated carbocycles. The lowest BCUT2D eigenvalue weighted by Crippen LogP contribution is -2.39. The maximum absolute atomic E-state index is 11.0. The fourth-order valence-electron chi connectivity index (χ4n) is 2.34. The van der Waals surface area contributed by atoms with Gasteiger partial charge in [-0.2, -0.15) is 0 Å². The zero-order valence-electron chi connectivity index (χ0n) is 12.9. The van der Waals surface area contributed by atoms with Crippen molar-refractivity contribution in [3.05, 3.63) is 35.4 Å². The summed E-state index contributed by atoms with van der Waals surface area (Å²) in [5, 5.41) is 12.4. The van der Waals surface area contributed by atoms with Crippen molar-refractivity contribution in [2.75, 3.05) is 0 Å². The molecule has 0 aliphatic carbocycles. The third-order valence-electron chi connectivity index (χ3n) is 3.60. The molecule has 3 nitrogen and oxygen atoms in total. The summed E-state index contributed by atoms with van der Waals surface area (Å²) in [5.74, 6) is -0.742. The summed E-state index contributed by atoms with van der Waals surface area (Å²) in [7, 11) is 0. The van der Waals surface area contributed by atoms with E-state index in [4.69, 9.17) is 5.11 Å². The minimum absolute atomic E-state index is 0.000486. The molecule has 112 valence electrons. The highest BCUT2D eigenvalue weighted by Crippen LogP contribution is 2.11. The number of nitrogens with one attached hydrogen (secondary N) is 1. The SMILES string of the molecule is CCCc1ccc(CC(CC(=O)O)NC(C)CC)cc1. The van der Waals surface area contributed by atoms with E-state index in [2.05, 4.69) is 50.4 Å². The third-order valence-corrected chi connectivity index (χ3v) is 3.60. The van der Waals surface area contributed by atoms with E-state index >= 15 is 0 Å². The van der Waals surface area contributed by atoms with E-state index in [1.807, 2.05) is 0 Å². The van der Waals surface area contributed by atoms with E-state index in [0.717, 1.165) is 25.7 Å². The van der Waals surface area contributed by atoms with Crippen LogP contribution in [-0.4, -0.2) is 23.2 Å². The number of aliphatic carboxylic acids is 1. The number of carboxylic acid groups (broad SMARTS) is 1. The van der Waals surface area contributed by atoms with Gasteiger partial charge in [0, 0.05) is 12.1 Å². The second kappa shape index (κ2) is 8.75. The molecule has 20 heavy (non-hydrogen) atoms. The number of hydrogen-bond donors (Lipinski definition) is 2. The van der Waals surface area contributed by atoms with Gasteiger partial charge in [0.05, 0.1) is 6.42 Å². The molecule has 0 aromatic heterocycles. The van der Waals surface area contributed by atoms with Gasteiger partial charge in [0.1, 0.15) is 0 Å². The van der Waals surface area contributed by atoms with Gasteiger partial charge < -0.3 is 10.4 Å². The van der Waals surface area contributed by atoms with Crippen molar-refractivity contribution < 1.29 is 9.90 Å². The number of benzene rings is 1. The second-order valence-corrected chi connectivity index (χ2v) is 5.54. The Morgan fingerprint density at radius 3 is 2.30 bits per heavy atom. The van der Waals surface area contributed by atoms with E-state index in [9.17, 15) is 4.79 Å². The molecule has 0 saturated heterocycles. The Morgan fingerprint density at radius 2 is 1.80 bits per heavy atom. The normalized spacial score (nSPS) is 13.9. The summed E-state index contributed by atoms with van der Waals surface area (Å²) in [6.45, 7) is 6.38. The number of carboxylic acids is 1. The lowest BCUT2D eigenvalue weighted by atomic mass is 10.00. The van der Waals surface area contributed by atoms with Gasteiger partial charge in [-0.25, -0.2) is 0 Å². The summed E-state index contributed by atoms with van der Waals surface area (Å²) >= 11 is 0. The van der Waals surface area contributed by atoms with E-state index < -0.39 is 5.97 Å². The lowest BCUT2D eigenvalue weighted by Gasteiger charge is -2.21. The summed E-state index contributed by atoms with van der Waals surface area (Å²) in [6, 6.07) is 8.90. The van der Waals surface area contributed by atoms with Crippen molar-refractivity contribution in [2.24, 2.45) is 0 Å². The van der Waals surface area contributed by atoms with Gasteiger partial charge in [0.2, 0.25) is 0 Å². The fourth-order valence-corrected chi connectivity index (χ4v) is 2.34. The first-order valence-electron chi connectivity index (χ1n) is 7.60. The molecule has 3 heteroatoms. The topological polar surface area (TPSA) is 49.3 Å². The summed E-state index contributed by atoms with van der Waals surface area (Å²) < 4.78 is 0. The van der Waals surface area contributed by atoms with E-state index in [-0.39, 0.29) is 12.5 Å². The van der Waals surface area contributed by atoms with Crippen LogP contribution in [0.25, 0.3) is 0 Å². The zero-order chi connectivity index (χ0) is 15.0. The molecule has 1 aromatic rings. The maximum atomic E-state index is 11.0. The fraction of sp³-hybridized carbons (Fsp3) is 0.588. The van der Waals surface area contributed by atoms with Crippen LogP contribution in [0.4, 0.5) is 0 Å². The molecule has 0 amide bonds. The highest BCUT2D eigenvalue weighted by atomic mass is 16.4. The third kappa shape index (κ3) is 6.20. The Morgan fingerprint density at radius 1 is 1.20 bits per heavy atom. The van der Waals surface area contributed by atoms with E-state index in [0.29, 0.717) is 6.04 Å². The molecule has 0 aliphatic heterocycles. The minimum atomic E-state index is -0.742. The van der Waals surface area contributed by atoms with Gasteiger partial charge in [-0.05, 0) is 37.3 Å². The van der Waals surface area contributed by atoms with Crippen LogP contribution < -0.4 is 5.32 Å². The molecule has 0 heterocycles. The van der Waals surface area contributed by atoms with Crippen molar-refractivity contribution >= 4 is 5.97 Å². The lowest BCUT2D eigenvalue weighted by molar-refractivity contribution is -0.137. The van der Waals surface area contributed by atoms with Gasteiger partial charge in [0.25, 0.3) is 0 Å². The van der Waals surface area contributed by atoms with Crippen molar-refractivity contribution in [1.29, 1.82) is 0 Å². The van der Waals surface area contributed by atoms with Crippen LogP contribution in [-0.2, 0) is 17.6 Å². The molecule has 0 bridgehead atoms. The standard InChI is InChI=1S/C17H27NO2/c1-4-6-14-7-9-15(10-8-14)11-16(12-17(19)20)18-13(3)5-2/h7-10,13,16,18H,4-6,11-12H2,1-3H3,(H,19,20). The van der Waals surface area contributed by atoms with Gasteiger partial charge in [-0.1, -0.05) is 44.5 Å². The Bertz CT molecular complexity index is 400. The molecule has 2 N–H and O–H groups in total. The molecule has 0 spiro atoms. The van der Waals surface area contributed by atoms with Crippen molar-refractivity contribution in [3.63, 3.8) is 0 Å². The Kier molecular flexibility index (Phi) is 7.31. The molecule has 1 aromatic carbocycles. The largest absolute Gasteiger partial charge is 0.481 e.